The Hall–Kier alpha value is -3.74. The highest BCUT2D eigenvalue weighted by atomic mass is 16.2. The fourth-order valence-corrected chi connectivity index (χ4v) is 5.64. The molecule has 7 rings (SSSR count). The number of aromatic nitrogens is 2. The van der Waals surface area contributed by atoms with Crippen LogP contribution in [0, 0.1) is 11.8 Å². The Morgan fingerprint density at radius 2 is 1.50 bits per heavy atom. The first-order valence-electron chi connectivity index (χ1n) is 13.9. The van der Waals surface area contributed by atoms with Crippen LogP contribution >= 0.6 is 0 Å². The van der Waals surface area contributed by atoms with E-state index in [1.54, 1.807) is 0 Å². The van der Waals surface area contributed by atoms with Crippen molar-refractivity contribution < 1.29 is 9.59 Å². The van der Waals surface area contributed by atoms with Gasteiger partial charge in [0, 0.05) is 54.8 Å². The summed E-state index contributed by atoms with van der Waals surface area (Å²) in [4.78, 5) is 34.4. The second-order valence-electron chi connectivity index (χ2n) is 11.7. The van der Waals surface area contributed by atoms with Crippen molar-refractivity contribution in [3.63, 3.8) is 0 Å². The maximum Gasteiger partial charge on any atom is 0.256 e. The highest BCUT2D eigenvalue weighted by Gasteiger charge is 2.57. The summed E-state index contributed by atoms with van der Waals surface area (Å²) in [5.74, 6) is 1.82. The van der Waals surface area contributed by atoms with E-state index >= 15 is 0 Å². The summed E-state index contributed by atoms with van der Waals surface area (Å²) in [6.07, 6.45) is 7.75. The van der Waals surface area contributed by atoms with Crippen molar-refractivity contribution >= 4 is 17.6 Å². The van der Waals surface area contributed by atoms with Crippen LogP contribution in [0.5, 0.6) is 0 Å². The average Bonchev–Trinajstić information content (AvgIpc) is 3.83. The summed E-state index contributed by atoms with van der Waals surface area (Å²) in [7, 11) is 0. The van der Waals surface area contributed by atoms with Gasteiger partial charge in [0.15, 0.2) is 0 Å². The quantitative estimate of drug-likeness (QED) is 0.462. The zero-order valence-electron chi connectivity index (χ0n) is 22.0. The van der Waals surface area contributed by atoms with Gasteiger partial charge in [-0.25, -0.2) is 0 Å². The average molecular weight is 508 g/mol. The molecule has 2 amide bonds. The predicted octanol–water partition coefficient (Wildman–Crippen LogP) is 4.79. The van der Waals surface area contributed by atoms with E-state index in [0.717, 1.165) is 72.4 Å². The molecule has 2 aliphatic heterocycles. The van der Waals surface area contributed by atoms with E-state index in [1.165, 1.54) is 0 Å². The second kappa shape index (κ2) is 8.65. The van der Waals surface area contributed by atoms with Gasteiger partial charge >= 0.3 is 0 Å². The number of carbonyl (C=O) groups excluding carboxylic acids is 2. The number of hydrogen-bond acceptors (Lipinski definition) is 4. The largest absolute Gasteiger partial charge is 0.342 e. The fraction of sp³-hybridized carbons (Fsp3) is 0.419. The van der Waals surface area contributed by atoms with E-state index in [0.29, 0.717) is 24.4 Å². The molecule has 3 heterocycles. The van der Waals surface area contributed by atoms with Gasteiger partial charge in [0.2, 0.25) is 5.91 Å². The van der Waals surface area contributed by atoms with Crippen LogP contribution in [0.4, 0.5) is 0 Å². The number of rotatable bonds is 7. The van der Waals surface area contributed by atoms with Crippen LogP contribution < -0.4 is 0 Å². The highest BCUT2D eigenvalue weighted by Crippen LogP contribution is 2.46. The first-order valence-corrected chi connectivity index (χ1v) is 13.9. The van der Waals surface area contributed by atoms with Gasteiger partial charge in [-0.05, 0) is 56.2 Å². The minimum absolute atomic E-state index is 0.139. The molecule has 1 spiro atoms. The van der Waals surface area contributed by atoms with Gasteiger partial charge in [0.05, 0.1) is 6.20 Å². The molecule has 1 saturated heterocycles. The number of amidine groups is 1. The first-order chi connectivity index (χ1) is 18.4. The van der Waals surface area contributed by atoms with Gasteiger partial charge in [-0.1, -0.05) is 48.5 Å². The molecule has 7 heteroatoms. The van der Waals surface area contributed by atoms with Crippen LogP contribution in [-0.2, 0) is 9.59 Å². The summed E-state index contributed by atoms with van der Waals surface area (Å²) in [6, 6.07) is 17.3. The lowest BCUT2D eigenvalue weighted by atomic mass is 9.97. The zero-order valence-corrected chi connectivity index (χ0v) is 22.0. The molecule has 0 bridgehead atoms. The SMILES string of the molecule is CC(C)n1cc(-c2ccc(-c3ccc(C4=NC5(CC5)C(=O)N4CC4CN(C(=O)C5CC5)C4)cc3)cc2)cn1. The van der Waals surface area contributed by atoms with Crippen LogP contribution in [0.15, 0.2) is 65.9 Å². The molecule has 0 radical (unpaired) electrons. The topological polar surface area (TPSA) is 70.8 Å². The number of benzene rings is 2. The van der Waals surface area contributed by atoms with Crippen LogP contribution in [-0.4, -0.2) is 62.4 Å². The number of amides is 2. The Balaban J connectivity index is 1.06. The van der Waals surface area contributed by atoms with E-state index in [4.69, 9.17) is 4.99 Å². The van der Waals surface area contributed by atoms with Crippen LogP contribution in [0.3, 0.4) is 0 Å². The lowest BCUT2D eigenvalue weighted by Crippen LogP contribution is -2.55. The van der Waals surface area contributed by atoms with E-state index < -0.39 is 5.54 Å². The first kappa shape index (κ1) is 23.4. The van der Waals surface area contributed by atoms with Crippen molar-refractivity contribution in [2.24, 2.45) is 16.8 Å². The summed E-state index contributed by atoms with van der Waals surface area (Å²) in [5, 5.41) is 4.45. The normalized spacial score (nSPS) is 20.3. The smallest absolute Gasteiger partial charge is 0.256 e. The third kappa shape index (κ3) is 4.05. The number of carbonyl (C=O) groups is 2. The Kier molecular flexibility index (Phi) is 5.32. The molecule has 7 nitrogen and oxygen atoms in total. The molecule has 0 unspecified atom stereocenters. The zero-order chi connectivity index (χ0) is 26.0. The molecule has 3 aromatic rings. The van der Waals surface area contributed by atoms with Gasteiger partial charge in [0.1, 0.15) is 11.4 Å². The minimum atomic E-state index is -0.527. The molecule has 2 saturated carbocycles. The summed E-state index contributed by atoms with van der Waals surface area (Å²) in [6.45, 7) is 6.40. The third-order valence-electron chi connectivity index (χ3n) is 8.40. The van der Waals surface area contributed by atoms with Crippen molar-refractivity contribution in [1.29, 1.82) is 0 Å². The lowest BCUT2D eigenvalue weighted by Gasteiger charge is -2.41. The molecular formula is C31H33N5O2. The minimum Gasteiger partial charge on any atom is -0.342 e. The molecule has 0 atom stereocenters. The van der Waals surface area contributed by atoms with Gasteiger partial charge in [-0.3, -0.25) is 24.2 Å². The molecule has 194 valence electrons. The van der Waals surface area contributed by atoms with Gasteiger partial charge in [0.25, 0.3) is 5.91 Å². The number of nitrogens with zero attached hydrogens (tertiary/aromatic N) is 5. The van der Waals surface area contributed by atoms with Crippen LogP contribution in [0.25, 0.3) is 22.3 Å². The summed E-state index contributed by atoms with van der Waals surface area (Å²) < 4.78 is 1.97. The number of aliphatic imine (C=N–C) groups is 1. The van der Waals surface area contributed by atoms with Crippen LogP contribution in [0.2, 0.25) is 0 Å². The summed E-state index contributed by atoms with van der Waals surface area (Å²) >= 11 is 0. The van der Waals surface area contributed by atoms with Crippen molar-refractivity contribution in [2.45, 2.75) is 51.1 Å². The van der Waals surface area contributed by atoms with Crippen molar-refractivity contribution in [3.8, 4) is 22.3 Å². The Labute approximate surface area is 223 Å². The number of hydrogen-bond donors (Lipinski definition) is 0. The molecule has 38 heavy (non-hydrogen) atoms. The maximum absolute atomic E-state index is 13.3. The monoisotopic (exact) mass is 507 g/mol. The van der Waals surface area contributed by atoms with Gasteiger partial charge in [-0.2, -0.15) is 5.10 Å². The van der Waals surface area contributed by atoms with Gasteiger partial charge in [-0.15, -0.1) is 0 Å². The maximum atomic E-state index is 13.3. The molecule has 2 aliphatic carbocycles. The molecule has 3 fully saturated rings. The van der Waals surface area contributed by atoms with E-state index in [1.807, 2.05) is 20.7 Å². The van der Waals surface area contributed by atoms with E-state index in [-0.39, 0.29) is 11.8 Å². The summed E-state index contributed by atoms with van der Waals surface area (Å²) in [5.41, 5.74) is 4.99. The van der Waals surface area contributed by atoms with Crippen molar-refractivity contribution in [1.82, 2.24) is 19.6 Å². The predicted molar refractivity (Wildman–Crippen MR) is 146 cm³/mol. The van der Waals surface area contributed by atoms with Gasteiger partial charge < -0.3 is 4.90 Å². The van der Waals surface area contributed by atoms with Crippen molar-refractivity contribution in [2.75, 3.05) is 19.6 Å². The standard InChI is InChI=1S/C31H33N5O2/c1-20(2)36-19-27(15-32-36)24-5-3-22(4-6-24)23-7-9-25(10-8-23)28-33-31(13-14-31)30(38)35(28)18-21-16-34(17-21)29(37)26-11-12-26/h3-10,15,19-21,26H,11-14,16-18H2,1-2H3. The molecular weight excluding hydrogens is 474 g/mol. The Bertz CT molecular complexity index is 1420. The Morgan fingerprint density at radius 3 is 2.03 bits per heavy atom. The molecule has 0 N–H and O–H groups in total. The third-order valence-corrected chi connectivity index (χ3v) is 8.40. The molecule has 2 aromatic carbocycles. The molecule has 4 aliphatic rings. The number of likely N-dealkylation sites (tertiary alicyclic amines) is 1. The lowest BCUT2D eigenvalue weighted by molar-refractivity contribution is -0.139. The van der Waals surface area contributed by atoms with Crippen molar-refractivity contribution in [3.05, 3.63) is 66.5 Å². The highest BCUT2D eigenvalue weighted by molar-refractivity contribution is 6.16. The Morgan fingerprint density at radius 1 is 0.921 bits per heavy atom. The fourth-order valence-electron chi connectivity index (χ4n) is 5.64. The second-order valence-corrected chi connectivity index (χ2v) is 11.7. The molecule has 1 aromatic heterocycles. The van der Waals surface area contributed by atoms with E-state index in [9.17, 15) is 9.59 Å². The van der Waals surface area contributed by atoms with E-state index in [2.05, 4.69) is 73.7 Å². The van der Waals surface area contributed by atoms with Crippen LogP contribution in [0.1, 0.15) is 51.1 Å².